The molecule has 2 aromatic rings. The number of nitrogens with zero attached hydrogens (tertiary/aromatic N) is 4. The van der Waals surface area contributed by atoms with Gasteiger partial charge in [-0.25, -0.2) is 4.98 Å². The number of anilines is 2. The number of piperazine rings is 1. The van der Waals surface area contributed by atoms with Crippen molar-refractivity contribution in [3.63, 3.8) is 0 Å². The van der Waals surface area contributed by atoms with Crippen molar-refractivity contribution in [3.05, 3.63) is 48.7 Å². The standard InChI is InChI=1S/C20H22N4O3/c1-15(25)24-14-18(27-17-7-3-2-6-16(17)24)20(26)23-12-10-22(11-13-23)19-8-4-5-9-21-19/h2-9,18H,10-14H2,1H3. The van der Waals surface area contributed by atoms with Crippen molar-refractivity contribution >= 4 is 23.3 Å². The summed E-state index contributed by atoms with van der Waals surface area (Å²) in [5.74, 6) is 1.33. The number of amides is 2. The van der Waals surface area contributed by atoms with Crippen LogP contribution in [-0.2, 0) is 9.59 Å². The number of carbonyl (C=O) groups excluding carboxylic acids is 2. The number of fused-ring (bicyclic) bond motifs is 1. The Bertz CT molecular complexity index is 834. The molecule has 0 spiro atoms. The zero-order chi connectivity index (χ0) is 18.8. The molecule has 2 aliphatic heterocycles. The van der Waals surface area contributed by atoms with Gasteiger partial charge in [0.2, 0.25) is 5.91 Å². The summed E-state index contributed by atoms with van der Waals surface area (Å²) in [4.78, 5) is 35.0. The van der Waals surface area contributed by atoms with Gasteiger partial charge in [0.1, 0.15) is 11.6 Å². The Morgan fingerprint density at radius 1 is 1.04 bits per heavy atom. The number of pyridine rings is 1. The van der Waals surface area contributed by atoms with E-state index in [1.54, 1.807) is 17.2 Å². The fraction of sp³-hybridized carbons (Fsp3) is 0.350. The average Bonchev–Trinajstić information content (AvgIpc) is 2.73. The first-order chi connectivity index (χ1) is 13.1. The molecule has 1 fully saturated rings. The van der Waals surface area contributed by atoms with Crippen LogP contribution in [-0.4, -0.2) is 60.5 Å². The summed E-state index contributed by atoms with van der Waals surface area (Å²) in [6.45, 7) is 4.42. The molecule has 0 saturated carbocycles. The number of para-hydroxylation sites is 2. The summed E-state index contributed by atoms with van der Waals surface area (Å²) in [6.07, 6.45) is 1.10. The van der Waals surface area contributed by atoms with Crippen molar-refractivity contribution in [2.45, 2.75) is 13.0 Å². The van der Waals surface area contributed by atoms with E-state index in [0.29, 0.717) is 24.5 Å². The molecule has 1 atom stereocenters. The van der Waals surface area contributed by atoms with Gasteiger partial charge in [-0.05, 0) is 24.3 Å². The van der Waals surface area contributed by atoms with Gasteiger partial charge >= 0.3 is 0 Å². The Labute approximate surface area is 158 Å². The molecule has 0 aliphatic carbocycles. The molecule has 2 amide bonds. The monoisotopic (exact) mass is 366 g/mol. The molecule has 0 radical (unpaired) electrons. The Kier molecular flexibility index (Phi) is 4.66. The van der Waals surface area contributed by atoms with Gasteiger partial charge < -0.3 is 19.4 Å². The molecular weight excluding hydrogens is 344 g/mol. The van der Waals surface area contributed by atoms with Gasteiger partial charge in [0.25, 0.3) is 5.91 Å². The van der Waals surface area contributed by atoms with E-state index in [1.807, 2.05) is 41.3 Å². The van der Waals surface area contributed by atoms with Crippen LogP contribution in [0, 0.1) is 0 Å². The molecule has 140 valence electrons. The van der Waals surface area contributed by atoms with Crippen molar-refractivity contribution in [1.29, 1.82) is 0 Å². The van der Waals surface area contributed by atoms with Crippen LogP contribution in [0.2, 0.25) is 0 Å². The maximum absolute atomic E-state index is 13.0. The summed E-state index contributed by atoms with van der Waals surface area (Å²) in [5.41, 5.74) is 0.717. The first-order valence-electron chi connectivity index (χ1n) is 9.12. The van der Waals surface area contributed by atoms with Gasteiger partial charge in [-0.1, -0.05) is 18.2 Å². The molecule has 4 rings (SSSR count). The molecule has 1 unspecified atom stereocenters. The van der Waals surface area contributed by atoms with E-state index in [9.17, 15) is 9.59 Å². The van der Waals surface area contributed by atoms with Crippen LogP contribution in [0.4, 0.5) is 11.5 Å². The van der Waals surface area contributed by atoms with Crippen molar-refractivity contribution in [2.75, 3.05) is 42.5 Å². The Morgan fingerprint density at radius 3 is 2.48 bits per heavy atom. The Hall–Kier alpha value is -3.09. The van der Waals surface area contributed by atoms with E-state index in [-0.39, 0.29) is 18.4 Å². The molecule has 0 bridgehead atoms. The summed E-state index contributed by atoms with van der Waals surface area (Å²) in [7, 11) is 0. The number of hydrogen-bond donors (Lipinski definition) is 0. The molecule has 1 aromatic heterocycles. The molecule has 3 heterocycles. The Balaban J connectivity index is 1.44. The predicted octanol–water partition coefficient (Wildman–Crippen LogP) is 1.54. The smallest absolute Gasteiger partial charge is 0.265 e. The van der Waals surface area contributed by atoms with Crippen LogP contribution in [0.1, 0.15) is 6.92 Å². The molecule has 7 nitrogen and oxygen atoms in total. The highest BCUT2D eigenvalue weighted by atomic mass is 16.5. The number of carbonyl (C=O) groups is 2. The largest absolute Gasteiger partial charge is 0.476 e. The maximum Gasteiger partial charge on any atom is 0.265 e. The molecule has 2 aliphatic rings. The SMILES string of the molecule is CC(=O)N1CC(C(=O)N2CCN(c3ccccn3)CC2)Oc2ccccc21. The van der Waals surface area contributed by atoms with Crippen LogP contribution < -0.4 is 14.5 Å². The van der Waals surface area contributed by atoms with Crippen LogP contribution in [0.5, 0.6) is 5.75 Å². The number of rotatable bonds is 2. The number of aromatic nitrogens is 1. The maximum atomic E-state index is 13.0. The van der Waals surface area contributed by atoms with Crippen molar-refractivity contribution in [3.8, 4) is 5.75 Å². The molecule has 7 heteroatoms. The number of ether oxygens (including phenoxy) is 1. The minimum absolute atomic E-state index is 0.0728. The summed E-state index contributed by atoms with van der Waals surface area (Å²) in [5, 5.41) is 0. The molecule has 27 heavy (non-hydrogen) atoms. The lowest BCUT2D eigenvalue weighted by Crippen LogP contribution is -2.56. The topological polar surface area (TPSA) is 66.0 Å². The van der Waals surface area contributed by atoms with E-state index < -0.39 is 6.10 Å². The molecule has 1 saturated heterocycles. The fourth-order valence-corrected chi connectivity index (χ4v) is 3.56. The van der Waals surface area contributed by atoms with Gasteiger partial charge in [-0.2, -0.15) is 0 Å². The lowest BCUT2D eigenvalue weighted by molar-refractivity contribution is -0.139. The van der Waals surface area contributed by atoms with Crippen LogP contribution >= 0.6 is 0 Å². The first kappa shape index (κ1) is 17.3. The van der Waals surface area contributed by atoms with E-state index in [0.717, 1.165) is 18.9 Å². The van der Waals surface area contributed by atoms with Gasteiger partial charge in [0.05, 0.1) is 12.2 Å². The minimum Gasteiger partial charge on any atom is -0.476 e. The normalized spacial score (nSPS) is 19.3. The van der Waals surface area contributed by atoms with Gasteiger partial charge in [-0.15, -0.1) is 0 Å². The van der Waals surface area contributed by atoms with E-state index in [4.69, 9.17) is 4.74 Å². The van der Waals surface area contributed by atoms with Gasteiger partial charge in [-0.3, -0.25) is 9.59 Å². The third kappa shape index (κ3) is 3.45. The predicted molar refractivity (Wildman–Crippen MR) is 102 cm³/mol. The summed E-state index contributed by atoms with van der Waals surface area (Å²) < 4.78 is 5.93. The highest BCUT2D eigenvalue weighted by molar-refractivity contribution is 5.95. The highest BCUT2D eigenvalue weighted by Crippen LogP contribution is 2.33. The fourth-order valence-electron chi connectivity index (χ4n) is 3.56. The zero-order valence-electron chi connectivity index (χ0n) is 15.2. The van der Waals surface area contributed by atoms with E-state index in [1.165, 1.54) is 6.92 Å². The van der Waals surface area contributed by atoms with Gasteiger partial charge in [0, 0.05) is 39.3 Å². The van der Waals surface area contributed by atoms with Crippen LogP contribution in [0.25, 0.3) is 0 Å². The van der Waals surface area contributed by atoms with Crippen LogP contribution in [0.15, 0.2) is 48.7 Å². The van der Waals surface area contributed by atoms with Crippen molar-refractivity contribution < 1.29 is 14.3 Å². The highest BCUT2D eigenvalue weighted by Gasteiger charge is 2.36. The second kappa shape index (κ2) is 7.26. The lowest BCUT2D eigenvalue weighted by Gasteiger charge is -2.39. The summed E-state index contributed by atoms with van der Waals surface area (Å²) >= 11 is 0. The van der Waals surface area contributed by atoms with Crippen molar-refractivity contribution in [2.24, 2.45) is 0 Å². The third-order valence-corrected chi connectivity index (χ3v) is 4.99. The van der Waals surface area contributed by atoms with E-state index >= 15 is 0 Å². The van der Waals surface area contributed by atoms with E-state index in [2.05, 4.69) is 9.88 Å². The minimum atomic E-state index is -0.676. The van der Waals surface area contributed by atoms with Gasteiger partial charge in [0.15, 0.2) is 6.10 Å². The quantitative estimate of drug-likeness (QED) is 0.807. The number of benzene rings is 1. The lowest BCUT2D eigenvalue weighted by atomic mass is 10.1. The average molecular weight is 366 g/mol. The zero-order valence-corrected chi connectivity index (χ0v) is 15.2. The second-order valence-corrected chi connectivity index (χ2v) is 6.70. The van der Waals surface area contributed by atoms with Crippen LogP contribution in [0.3, 0.4) is 0 Å². The number of hydrogen-bond acceptors (Lipinski definition) is 5. The second-order valence-electron chi connectivity index (χ2n) is 6.70. The first-order valence-corrected chi connectivity index (χ1v) is 9.12. The Morgan fingerprint density at radius 2 is 1.78 bits per heavy atom. The third-order valence-electron chi connectivity index (χ3n) is 4.99. The summed E-state index contributed by atoms with van der Waals surface area (Å²) in [6, 6.07) is 13.2. The molecule has 1 aromatic carbocycles. The molecule has 0 N–H and O–H groups in total. The molecular formula is C20H22N4O3. The van der Waals surface area contributed by atoms with Crippen molar-refractivity contribution in [1.82, 2.24) is 9.88 Å².